The molecule has 3 heterocycles. The first kappa shape index (κ1) is 23.0. The summed E-state index contributed by atoms with van der Waals surface area (Å²) in [7, 11) is 0. The van der Waals surface area contributed by atoms with Crippen molar-refractivity contribution in [2.45, 2.75) is 26.4 Å². The van der Waals surface area contributed by atoms with E-state index < -0.39 is 5.92 Å². The van der Waals surface area contributed by atoms with Gasteiger partial charge < -0.3 is 9.64 Å². The number of pyridine rings is 1. The summed E-state index contributed by atoms with van der Waals surface area (Å²) >= 11 is 1.46. The fourth-order valence-electron chi connectivity index (χ4n) is 4.27. The highest BCUT2D eigenvalue weighted by atomic mass is 32.1. The Kier molecular flexibility index (Phi) is 6.72. The number of benzene rings is 2. The second kappa shape index (κ2) is 10.2. The van der Waals surface area contributed by atoms with E-state index >= 15 is 0 Å². The van der Waals surface area contributed by atoms with Crippen molar-refractivity contribution in [1.82, 2.24) is 14.9 Å². The molecular weight excluding hydrogens is 460 g/mol. The van der Waals surface area contributed by atoms with E-state index in [2.05, 4.69) is 4.98 Å². The number of likely N-dealkylation sites (tertiary alicyclic amines) is 1. The summed E-state index contributed by atoms with van der Waals surface area (Å²) in [5.41, 5.74) is 2.63. The molecule has 0 radical (unpaired) electrons. The maximum absolute atomic E-state index is 13.8. The Morgan fingerprint density at radius 2 is 1.97 bits per heavy atom. The third-order valence-corrected chi connectivity index (χ3v) is 7.02. The van der Waals surface area contributed by atoms with Gasteiger partial charge in [0.05, 0.1) is 41.5 Å². The van der Waals surface area contributed by atoms with Crippen molar-refractivity contribution >= 4 is 38.5 Å². The summed E-state index contributed by atoms with van der Waals surface area (Å²) < 4.78 is 6.59. The molecule has 1 unspecified atom stereocenters. The first-order chi connectivity index (χ1) is 17.1. The Bertz CT molecular complexity index is 1330. The lowest BCUT2D eigenvalue weighted by Gasteiger charge is -2.23. The molecule has 7 nitrogen and oxygen atoms in total. The normalized spacial score (nSPS) is 15.5. The zero-order valence-electron chi connectivity index (χ0n) is 19.5. The van der Waals surface area contributed by atoms with Crippen LogP contribution in [-0.4, -0.2) is 39.8 Å². The molecule has 1 aliphatic rings. The Balaban J connectivity index is 1.41. The first-order valence-electron chi connectivity index (χ1n) is 11.7. The fraction of sp³-hybridized carbons (Fsp3) is 0.259. The maximum atomic E-state index is 13.8. The summed E-state index contributed by atoms with van der Waals surface area (Å²) in [6, 6.07) is 21.3. The van der Waals surface area contributed by atoms with Crippen molar-refractivity contribution in [1.29, 1.82) is 0 Å². The number of hydrogen-bond acceptors (Lipinski definition) is 6. The van der Waals surface area contributed by atoms with Gasteiger partial charge in [0.1, 0.15) is 5.75 Å². The molecule has 0 N–H and O–H groups in total. The van der Waals surface area contributed by atoms with Gasteiger partial charge in [-0.15, -0.1) is 0 Å². The number of fused-ring (bicyclic) bond motifs is 1. The van der Waals surface area contributed by atoms with E-state index in [4.69, 9.17) is 9.72 Å². The van der Waals surface area contributed by atoms with E-state index in [0.717, 1.165) is 27.2 Å². The van der Waals surface area contributed by atoms with Crippen LogP contribution in [-0.2, 0) is 22.7 Å². The molecule has 5 rings (SSSR count). The molecule has 2 aromatic carbocycles. The van der Waals surface area contributed by atoms with Gasteiger partial charge in [0.2, 0.25) is 11.8 Å². The lowest BCUT2D eigenvalue weighted by atomic mass is 10.1. The van der Waals surface area contributed by atoms with Gasteiger partial charge in [0.25, 0.3) is 0 Å². The molecule has 0 spiro atoms. The van der Waals surface area contributed by atoms with E-state index in [1.54, 1.807) is 16.0 Å². The van der Waals surface area contributed by atoms with Crippen LogP contribution in [0, 0.1) is 5.92 Å². The molecule has 2 amide bonds. The standard InChI is InChI=1S/C27H26N4O3S/c1-2-34-22-11-12-23-24(15-22)35-27(29-23)31(16-19-8-4-3-5-9-19)26(33)20-14-25(32)30(17-20)18-21-10-6-7-13-28-21/h3-13,15,20H,2,14,16-18H2,1H3. The summed E-state index contributed by atoms with van der Waals surface area (Å²) in [6.07, 6.45) is 1.90. The molecule has 178 valence electrons. The Morgan fingerprint density at radius 3 is 2.74 bits per heavy atom. The van der Waals surface area contributed by atoms with Crippen molar-refractivity contribution in [2.24, 2.45) is 5.92 Å². The average Bonchev–Trinajstić information content (AvgIpc) is 3.46. The number of hydrogen-bond donors (Lipinski definition) is 0. The molecule has 0 aliphatic carbocycles. The van der Waals surface area contributed by atoms with Gasteiger partial charge in [-0.3, -0.25) is 19.5 Å². The van der Waals surface area contributed by atoms with Crippen molar-refractivity contribution in [3.63, 3.8) is 0 Å². The third-order valence-electron chi connectivity index (χ3n) is 5.98. The summed E-state index contributed by atoms with van der Waals surface area (Å²) in [6.45, 7) is 3.70. The van der Waals surface area contributed by atoms with Crippen molar-refractivity contribution in [2.75, 3.05) is 18.1 Å². The van der Waals surface area contributed by atoms with Crippen molar-refractivity contribution in [3.05, 3.63) is 84.2 Å². The Morgan fingerprint density at radius 1 is 1.14 bits per heavy atom. The number of rotatable bonds is 8. The van der Waals surface area contributed by atoms with E-state index in [9.17, 15) is 9.59 Å². The molecule has 1 saturated heterocycles. The van der Waals surface area contributed by atoms with E-state index in [1.807, 2.05) is 73.7 Å². The topological polar surface area (TPSA) is 75.6 Å². The monoisotopic (exact) mass is 486 g/mol. The lowest BCUT2D eigenvalue weighted by molar-refractivity contribution is -0.129. The molecule has 4 aromatic rings. The van der Waals surface area contributed by atoms with Crippen LogP contribution in [0.15, 0.2) is 72.9 Å². The van der Waals surface area contributed by atoms with E-state index in [-0.39, 0.29) is 18.2 Å². The number of amides is 2. The molecule has 8 heteroatoms. The molecule has 0 saturated carbocycles. The number of thiazole rings is 1. The summed E-state index contributed by atoms with van der Waals surface area (Å²) in [5, 5.41) is 0.623. The number of carbonyl (C=O) groups excluding carboxylic acids is 2. The van der Waals surface area contributed by atoms with Crippen LogP contribution in [0.5, 0.6) is 5.75 Å². The Labute approximate surface area is 208 Å². The third kappa shape index (κ3) is 5.17. The lowest BCUT2D eigenvalue weighted by Crippen LogP contribution is -2.37. The SMILES string of the molecule is CCOc1ccc2nc(N(Cc3ccccc3)C(=O)C3CC(=O)N(Cc4ccccn4)C3)sc2c1. The molecule has 2 aromatic heterocycles. The summed E-state index contributed by atoms with van der Waals surface area (Å²) in [4.78, 5) is 39.1. The molecule has 1 fully saturated rings. The van der Waals surface area contributed by atoms with Crippen LogP contribution in [0.1, 0.15) is 24.6 Å². The van der Waals surface area contributed by atoms with Crippen LogP contribution in [0.3, 0.4) is 0 Å². The van der Waals surface area contributed by atoms with Gasteiger partial charge in [-0.05, 0) is 42.8 Å². The molecular formula is C27H26N4O3S. The highest BCUT2D eigenvalue weighted by Crippen LogP contribution is 2.34. The highest BCUT2D eigenvalue weighted by molar-refractivity contribution is 7.22. The second-order valence-corrected chi connectivity index (χ2v) is 9.47. The predicted octanol–water partition coefficient (Wildman–Crippen LogP) is 4.67. The average molecular weight is 487 g/mol. The zero-order valence-corrected chi connectivity index (χ0v) is 20.3. The van der Waals surface area contributed by atoms with Gasteiger partial charge >= 0.3 is 0 Å². The minimum atomic E-state index is -0.430. The molecule has 0 bridgehead atoms. The van der Waals surface area contributed by atoms with Crippen molar-refractivity contribution in [3.8, 4) is 5.75 Å². The largest absolute Gasteiger partial charge is 0.494 e. The quantitative estimate of drug-likeness (QED) is 0.362. The number of anilines is 1. The zero-order chi connectivity index (χ0) is 24.2. The highest BCUT2D eigenvalue weighted by Gasteiger charge is 2.37. The smallest absolute Gasteiger partial charge is 0.234 e. The van der Waals surface area contributed by atoms with Crippen LogP contribution in [0.4, 0.5) is 5.13 Å². The summed E-state index contributed by atoms with van der Waals surface area (Å²) in [5.74, 6) is 0.234. The molecule has 35 heavy (non-hydrogen) atoms. The number of nitrogens with zero attached hydrogens (tertiary/aromatic N) is 4. The van der Waals surface area contributed by atoms with Crippen LogP contribution < -0.4 is 9.64 Å². The van der Waals surface area contributed by atoms with Crippen LogP contribution in [0.25, 0.3) is 10.2 Å². The number of aromatic nitrogens is 2. The van der Waals surface area contributed by atoms with Gasteiger partial charge in [-0.1, -0.05) is 47.7 Å². The molecule has 1 atom stereocenters. The molecule has 1 aliphatic heterocycles. The fourth-order valence-corrected chi connectivity index (χ4v) is 5.27. The Hall–Kier alpha value is -3.78. The minimum absolute atomic E-state index is 0.0284. The van der Waals surface area contributed by atoms with Crippen LogP contribution >= 0.6 is 11.3 Å². The van der Waals surface area contributed by atoms with E-state index in [0.29, 0.717) is 31.4 Å². The van der Waals surface area contributed by atoms with Gasteiger partial charge in [-0.2, -0.15) is 0 Å². The van der Waals surface area contributed by atoms with Crippen LogP contribution in [0.2, 0.25) is 0 Å². The minimum Gasteiger partial charge on any atom is -0.494 e. The van der Waals surface area contributed by atoms with Crippen molar-refractivity contribution < 1.29 is 14.3 Å². The van der Waals surface area contributed by atoms with Gasteiger partial charge in [0, 0.05) is 19.2 Å². The maximum Gasteiger partial charge on any atom is 0.234 e. The first-order valence-corrected chi connectivity index (χ1v) is 12.5. The number of carbonyl (C=O) groups is 2. The van der Waals surface area contributed by atoms with E-state index in [1.165, 1.54) is 11.3 Å². The second-order valence-electron chi connectivity index (χ2n) is 8.47. The van der Waals surface area contributed by atoms with Gasteiger partial charge in [0.15, 0.2) is 5.13 Å². The predicted molar refractivity (Wildman–Crippen MR) is 136 cm³/mol. The number of ether oxygens (including phenoxy) is 1. The van der Waals surface area contributed by atoms with Gasteiger partial charge in [-0.25, -0.2) is 4.98 Å².